The summed E-state index contributed by atoms with van der Waals surface area (Å²) in [5.74, 6) is -4.96. The van der Waals surface area contributed by atoms with Crippen molar-refractivity contribution in [3.8, 4) is 5.88 Å². The van der Waals surface area contributed by atoms with Crippen LogP contribution >= 0.6 is 0 Å². The highest BCUT2D eigenvalue weighted by Crippen LogP contribution is 2.39. The summed E-state index contributed by atoms with van der Waals surface area (Å²) in [4.78, 5) is 33.4. The van der Waals surface area contributed by atoms with E-state index in [4.69, 9.17) is 19.9 Å². The zero-order chi connectivity index (χ0) is 32.9. The third-order valence-electron chi connectivity index (χ3n) is 8.16. The Kier molecular flexibility index (Phi) is 10.7. The minimum atomic E-state index is -3.43. The molecule has 4 rings (SSSR count). The number of aromatic nitrogens is 1. The van der Waals surface area contributed by atoms with Crippen LogP contribution in [-0.4, -0.2) is 74.0 Å². The second kappa shape index (κ2) is 14.1. The van der Waals surface area contributed by atoms with Crippen LogP contribution in [0.2, 0.25) is 0 Å². The molecule has 1 aromatic heterocycles. The summed E-state index contributed by atoms with van der Waals surface area (Å²) >= 11 is 0. The van der Waals surface area contributed by atoms with E-state index >= 15 is 13.2 Å². The first kappa shape index (κ1) is 34.1. The van der Waals surface area contributed by atoms with E-state index in [0.29, 0.717) is 57.9 Å². The number of likely N-dealkylation sites (tertiary alicyclic amines) is 1. The lowest BCUT2D eigenvalue weighted by atomic mass is 9.89. The van der Waals surface area contributed by atoms with Gasteiger partial charge in [-0.15, -0.1) is 0 Å². The third-order valence-corrected chi connectivity index (χ3v) is 8.16. The molecule has 2 amide bonds. The molecule has 45 heavy (non-hydrogen) atoms. The molecule has 2 saturated heterocycles. The maximum Gasteiger partial charge on any atom is 0.410 e. The van der Waals surface area contributed by atoms with Crippen LogP contribution in [0.25, 0.3) is 0 Å². The molecular weight excluding hydrogens is 591 g/mol. The molecule has 13 heteroatoms. The predicted octanol–water partition coefficient (Wildman–Crippen LogP) is 5.66. The van der Waals surface area contributed by atoms with Gasteiger partial charge in [0.2, 0.25) is 5.88 Å². The summed E-state index contributed by atoms with van der Waals surface area (Å²) in [6, 6.07) is 4.44. The van der Waals surface area contributed by atoms with Crippen LogP contribution in [0.4, 0.5) is 29.5 Å². The number of anilines is 2. The van der Waals surface area contributed by atoms with Crippen molar-refractivity contribution in [2.75, 3.05) is 57.1 Å². The first-order valence-electron chi connectivity index (χ1n) is 15.3. The van der Waals surface area contributed by atoms with Crippen LogP contribution in [0.15, 0.2) is 24.3 Å². The van der Waals surface area contributed by atoms with E-state index in [9.17, 15) is 9.59 Å². The van der Waals surface area contributed by atoms with Crippen LogP contribution in [0.5, 0.6) is 5.88 Å². The summed E-state index contributed by atoms with van der Waals surface area (Å²) in [5, 5.41) is 2.68. The van der Waals surface area contributed by atoms with Crippen molar-refractivity contribution in [1.29, 1.82) is 0 Å². The number of halogens is 3. The summed E-state index contributed by atoms with van der Waals surface area (Å²) in [6.07, 6.45) is 0.369. The Morgan fingerprint density at radius 1 is 1.16 bits per heavy atom. The van der Waals surface area contributed by atoms with Crippen molar-refractivity contribution in [2.24, 2.45) is 5.92 Å². The van der Waals surface area contributed by atoms with Crippen molar-refractivity contribution in [2.45, 2.75) is 70.9 Å². The molecule has 3 heterocycles. The largest absolute Gasteiger partial charge is 0.479 e. The van der Waals surface area contributed by atoms with Gasteiger partial charge >= 0.3 is 6.09 Å². The molecule has 3 N–H and O–H groups in total. The van der Waals surface area contributed by atoms with Gasteiger partial charge < -0.3 is 35.1 Å². The van der Waals surface area contributed by atoms with Gasteiger partial charge in [0.15, 0.2) is 0 Å². The van der Waals surface area contributed by atoms with Gasteiger partial charge in [-0.2, -0.15) is 4.98 Å². The fourth-order valence-corrected chi connectivity index (χ4v) is 5.63. The number of methoxy groups -OCH3 is 1. The lowest BCUT2D eigenvalue weighted by Gasteiger charge is -2.34. The number of nitrogens with two attached hydrogens (primary N) is 1. The van der Waals surface area contributed by atoms with Crippen LogP contribution in [0.3, 0.4) is 0 Å². The number of ether oxygens (including phenoxy) is 3. The van der Waals surface area contributed by atoms with Gasteiger partial charge in [0.1, 0.15) is 22.9 Å². The maximum atomic E-state index is 15.6. The number of alkyl halides is 2. The molecule has 0 saturated carbocycles. The van der Waals surface area contributed by atoms with Crippen molar-refractivity contribution >= 4 is 23.5 Å². The molecule has 0 unspecified atom stereocenters. The molecule has 248 valence electrons. The van der Waals surface area contributed by atoms with E-state index in [1.54, 1.807) is 31.7 Å². The topological polar surface area (TPSA) is 119 Å². The Bertz CT molecular complexity index is 1360. The smallest absolute Gasteiger partial charge is 0.410 e. The number of morpholine rings is 1. The molecule has 0 radical (unpaired) electrons. The number of hydrogen-bond donors (Lipinski definition) is 2. The van der Waals surface area contributed by atoms with Crippen LogP contribution in [0, 0.1) is 11.7 Å². The third kappa shape index (κ3) is 8.50. The Hall–Kier alpha value is -3.74. The van der Waals surface area contributed by atoms with E-state index in [2.05, 4.69) is 10.3 Å². The summed E-state index contributed by atoms with van der Waals surface area (Å²) < 4.78 is 62.6. The van der Waals surface area contributed by atoms with Crippen LogP contribution in [-0.2, 0) is 15.4 Å². The number of piperidine rings is 1. The zero-order valence-electron chi connectivity index (χ0n) is 26.6. The molecular formula is C32H44F3N5O5. The number of nitrogens with one attached hydrogen (secondary N) is 1. The van der Waals surface area contributed by atoms with Crippen LogP contribution in [0.1, 0.15) is 80.9 Å². The van der Waals surface area contributed by atoms with Gasteiger partial charge in [-0.25, -0.2) is 18.0 Å². The number of rotatable bonds is 9. The van der Waals surface area contributed by atoms with E-state index in [0.717, 1.165) is 6.07 Å². The van der Waals surface area contributed by atoms with Crippen molar-refractivity contribution in [1.82, 2.24) is 15.2 Å². The minimum absolute atomic E-state index is 0.0232. The Labute approximate surface area is 262 Å². The van der Waals surface area contributed by atoms with Gasteiger partial charge in [0, 0.05) is 38.2 Å². The van der Waals surface area contributed by atoms with Gasteiger partial charge in [0.25, 0.3) is 11.8 Å². The molecule has 2 aromatic rings. The number of pyridine rings is 1. The molecule has 2 aliphatic rings. The van der Waals surface area contributed by atoms with E-state index < -0.39 is 47.4 Å². The average Bonchev–Trinajstić information content (AvgIpc) is 2.99. The quantitative estimate of drug-likeness (QED) is 0.363. The fourth-order valence-electron chi connectivity index (χ4n) is 5.63. The van der Waals surface area contributed by atoms with E-state index in [1.165, 1.54) is 26.2 Å². The van der Waals surface area contributed by atoms with E-state index in [-0.39, 0.29) is 35.2 Å². The Balaban J connectivity index is 1.40. The molecule has 0 bridgehead atoms. The molecule has 0 aliphatic carbocycles. The Morgan fingerprint density at radius 3 is 2.44 bits per heavy atom. The van der Waals surface area contributed by atoms with E-state index in [1.807, 2.05) is 4.90 Å². The zero-order valence-corrected chi connectivity index (χ0v) is 26.6. The lowest BCUT2D eigenvalue weighted by molar-refractivity contribution is -0.0261. The monoisotopic (exact) mass is 635 g/mol. The summed E-state index contributed by atoms with van der Waals surface area (Å²) in [7, 11) is 1.45. The molecule has 2 fully saturated rings. The van der Waals surface area contributed by atoms with Crippen LogP contribution < -0.4 is 20.7 Å². The number of amides is 2. The first-order chi connectivity index (χ1) is 21.2. The number of carbonyl (C=O) groups excluding carboxylic acids is 2. The molecule has 1 aromatic carbocycles. The first-order valence-corrected chi connectivity index (χ1v) is 15.3. The highest BCUT2D eigenvalue weighted by molar-refractivity contribution is 6.00. The highest BCUT2D eigenvalue weighted by Gasteiger charge is 2.37. The number of carbonyl (C=O) groups is 2. The molecule has 1 atom stereocenters. The van der Waals surface area contributed by atoms with Gasteiger partial charge in [-0.3, -0.25) is 4.79 Å². The van der Waals surface area contributed by atoms with Gasteiger partial charge in [-0.1, -0.05) is 18.2 Å². The van der Waals surface area contributed by atoms with Gasteiger partial charge in [0.05, 0.1) is 37.5 Å². The number of nitrogens with zero attached hydrogens (tertiary/aromatic N) is 3. The maximum absolute atomic E-state index is 15.6. The average molecular weight is 636 g/mol. The standard InChI is InChI=1S/C32H44F3N5O5/c1-20(37-28(41)23-19-25(29(43-5)38-27(23)36)39-15-17-44-18-16-39)22-7-6-8-24(26(22)33)32(34,35)12-9-21-10-13-40(14-11-21)30(42)45-31(2,3)4/h6-8,19-21H,9-18H2,1-5H3,(H2,36,38)(H,37,41)/t20-/m1/s1. The normalized spacial score (nSPS) is 17.2. The SMILES string of the molecule is COc1nc(N)c(C(=O)N[C@H](C)c2cccc(C(F)(F)CCC3CCN(C(=O)OC(C)(C)C)CC3)c2F)cc1N1CCOCC1. The molecule has 2 aliphatic heterocycles. The van der Waals surface area contributed by atoms with Crippen molar-refractivity contribution in [3.05, 3.63) is 46.8 Å². The van der Waals surface area contributed by atoms with Gasteiger partial charge in [-0.05, 0) is 58.9 Å². The second-order valence-electron chi connectivity index (χ2n) is 12.6. The fraction of sp³-hybridized carbons (Fsp3) is 0.594. The van der Waals surface area contributed by atoms with Crippen molar-refractivity contribution in [3.63, 3.8) is 0 Å². The molecule has 0 spiro atoms. The summed E-state index contributed by atoms with van der Waals surface area (Å²) in [6.45, 7) is 9.87. The number of benzene rings is 1. The highest BCUT2D eigenvalue weighted by atomic mass is 19.3. The van der Waals surface area contributed by atoms with Crippen molar-refractivity contribution < 1.29 is 37.0 Å². The minimum Gasteiger partial charge on any atom is -0.479 e. The number of hydrogen-bond acceptors (Lipinski definition) is 8. The predicted molar refractivity (Wildman–Crippen MR) is 164 cm³/mol. The summed E-state index contributed by atoms with van der Waals surface area (Å²) in [5.41, 5.74) is 5.30. The Morgan fingerprint density at radius 2 is 1.82 bits per heavy atom. The number of nitrogen functional groups attached to an aromatic ring is 1. The molecule has 10 nitrogen and oxygen atoms in total. The lowest BCUT2D eigenvalue weighted by Crippen LogP contribution is -2.41. The second-order valence-corrected chi connectivity index (χ2v) is 12.6.